The smallest absolute Gasteiger partial charge is 0.0733 e. The van der Waals surface area contributed by atoms with Gasteiger partial charge in [-0.3, -0.25) is 0 Å². The molecule has 0 amide bonds. The Bertz CT molecular complexity index is 840. The summed E-state index contributed by atoms with van der Waals surface area (Å²) in [6.07, 6.45) is 13.6. The van der Waals surface area contributed by atoms with Crippen LogP contribution < -0.4 is 0 Å². The Balaban J connectivity index is 1.70. The molecule has 2 nitrogen and oxygen atoms in total. The van der Waals surface area contributed by atoms with Gasteiger partial charge in [0.15, 0.2) is 0 Å². The fourth-order valence-electron chi connectivity index (χ4n) is 4.83. The van der Waals surface area contributed by atoms with E-state index in [1.807, 2.05) is 12.3 Å². The molecule has 0 N–H and O–H groups in total. The van der Waals surface area contributed by atoms with Crippen molar-refractivity contribution in [2.75, 3.05) is 0 Å². The highest BCUT2D eigenvalue weighted by atomic mass is 15.2. The van der Waals surface area contributed by atoms with Gasteiger partial charge in [-0.05, 0) is 67.1 Å². The highest BCUT2D eigenvalue weighted by Crippen LogP contribution is 2.36. The Morgan fingerprint density at radius 2 is 1.74 bits per heavy atom. The van der Waals surface area contributed by atoms with Crippen molar-refractivity contribution in [3.63, 3.8) is 0 Å². The molecule has 0 aromatic heterocycles. The molecule has 0 aliphatic heterocycles. The number of nitrogens with zero attached hydrogens (tertiary/aromatic N) is 2. The number of hydrogen-bond acceptors (Lipinski definition) is 2. The van der Waals surface area contributed by atoms with Gasteiger partial charge < -0.3 is 0 Å². The maximum absolute atomic E-state index is 4.76. The quantitative estimate of drug-likeness (QED) is 0.215. The van der Waals surface area contributed by atoms with Gasteiger partial charge in [-0.2, -0.15) is 10.2 Å². The predicted octanol–water partition coefficient (Wildman–Crippen LogP) is 7.87. The molecular weight excluding hydrogens is 376 g/mol. The summed E-state index contributed by atoms with van der Waals surface area (Å²) in [4.78, 5) is 0. The molecule has 1 aliphatic carbocycles. The van der Waals surface area contributed by atoms with Gasteiger partial charge in [0.05, 0.1) is 11.9 Å². The molecule has 0 spiro atoms. The summed E-state index contributed by atoms with van der Waals surface area (Å²) in [6.45, 7) is 8.54. The average Bonchev–Trinajstić information content (AvgIpc) is 2.82. The van der Waals surface area contributed by atoms with Crippen LogP contribution >= 0.6 is 0 Å². The lowest BCUT2D eigenvalue weighted by atomic mass is 9.73. The second kappa shape index (κ2) is 12.4. The lowest BCUT2D eigenvalue weighted by molar-refractivity contribution is 0.232. The minimum Gasteiger partial charge on any atom is -0.158 e. The molecule has 2 aromatic rings. The first-order valence-corrected chi connectivity index (χ1v) is 12.1. The first-order valence-electron chi connectivity index (χ1n) is 12.1. The Kier molecular flexibility index (Phi) is 9.27. The van der Waals surface area contributed by atoms with E-state index in [0.29, 0.717) is 5.92 Å². The normalized spacial score (nSPS) is 20.6. The summed E-state index contributed by atoms with van der Waals surface area (Å²) in [6, 6.07) is 19.2. The fourth-order valence-corrected chi connectivity index (χ4v) is 4.83. The van der Waals surface area contributed by atoms with Gasteiger partial charge in [-0.15, -0.1) is 6.58 Å². The second-order valence-corrected chi connectivity index (χ2v) is 9.04. The van der Waals surface area contributed by atoms with Crippen LogP contribution in [0.1, 0.15) is 75.5 Å². The van der Waals surface area contributed by atoms with Crippen LogP contribution in [0.4, 0.5) is 0 Å². The molecule has 1 aliphatic rings. The van der Waals surface area contributed by atoms with E-state index < -0.39 is 0 Å². The van der Waals surface area contributed by atoms with E-state index in [-0.39, 0.29) is 0 Å². The van der Waals surface area contributed by atoms with Gasteiger partial charge in [-0.1, -0.05) is 87.4 Å². The van der Waals surface area contributed by atoms with Gasteiger partial charge >= 0.3 is 0 Å². The number of allylic oxidation sites excluding steroid dienone is 1. The zero-order valence-corrected chi connectivity index (χ0v) is 19.3. The number of hydrogen-bond donors (Lipinski definition) is 0. The van der Waals surface area contributed by atoms with Crippen LogP contribution in [0.15, 0.2) is 77.5 Å². The fraction of sp³-hybridized carbons (Fsp3) is 0.448. The predicted molar refractivity (Wildman–Crippen MR) is 135 cm³/mol. The van der Waals surface area contributed by atoms with E-state index in [0.717, 1.165) is 36.0 Å². The van der Waals surface area contributed by atoms with Crippen molar-refractivity contribution in [1.82, 2.24) is 0 Å². The molecular formula is C29H38N2. The van der Waals surface area contributed by atoms with Crippen LogP contribution in [0.25, 0.3) is 0 Å². The van der Waals surface area contributed by atoms with Gasteiger partial charge in [0.2, 0.25) is 0 Å². The third kappa shape index (κ3) is 7.02. The summed E-state index contributed by atoms with van der Waals surface area (Å²) in [5.74, 6) is 2.22. The van der Waals surface area contributed by atoms with E-state index in [4.69, 9.17) is 5.10 Å². The SMILES string of the molecule is C=CCCc1ccc(C=NN=C(c2ccccc2)[C@H]2CC[C@H](C(C)CCC)CC2)cc1. The molecule has 1 fully saturated rings. The minimum atomic E-state index is 0.505. The van der Waals surface area contributed by atoms with Crippen LogP contribution in [0.3, 0.4) is 0 Å². The second-order valence-electron chi connectivity index (χ2n) is 9.04. The molecule has 1 saturated carbocycles. The minimum absolute atomic E-state index is 0.505. The molecule has 0 radical (unpaired) electrons. The van der Waals surface area contributed by atoms with Gasteiger partial charge in [0, 0.05) is 5.92 Å². The van der Waals surface area contributed by atoms with E-state index >= 15 is 0 Å². The monoisotopic (exact) mass is 414 g/mol. The highest BCUT2D eigenvalue weighted by molar-refractivity contribution is 6.02. The summed E-state index contributed by atoms with van der Waals surface area (Å²) in [5.41, 5.74) is 4.79. The summed E-state index contributed by atoms with van der Waals surface area (Å²) in [5, 5.41) is 9.28. The summed E-state index contributed by atoms with van der Waals surface area (Å²) in [7, 11) is 0. The van der Waals surface area contributed by atoms with E-state index in [9.17, 15) is 0 Å². The van der Waals surface area contributed by atoms with Crippen LogP contribution in [0, 0.1) is 17.8 Å². The summed E-state index contributed by atoms with van der Waals surface area (Å²) < 4.78 is 0. The largest absolute Gasteiger partial charge is 0.158 e. The van der Waals surface area contributed by atoms with Gasteiger partial charge in [0.1, 0.15) is 0 Å². The van der Waals surface area contributed by atoms with Crippen molar-refractivity contribution in [2.45, 2.75) is 65.2 Å². The number of aryl methyl sites for hydroxylation is 1. The van der Waals surface area contributed by atoms with Crippen LogP contribution in [0.2, 0.25) is 0 Å². The van der Waals surface area contributed by atoms with Crippen LogP contribution in [-0.2, 0) is 6.42 Å². The first-order chi connectivity index (χ1) is 15.2. The Morgan fingerprint density at radius 3 is 2.39 bits per heavy atom. The third-order valence-corrected chi connectivity index (χ3v) is 6.77. The first kappa shape index (κ1) is 23.2. The maximum atomic E-state index is 4.76. The molecule has 0 bridgehead atoms. The molecule has 0 heterocycles. The molecule has 3 rings (SSSR count). The molecule has 2 aromatic carbocycles. The van der Waals surface area contributed by atoms with Crippen molar-refractivity contribution >= 4 is 11.9 Å². The lowest BCUT2D eigenvalue weighted by Gasteiger charge is -2.32. The van der Waals surface area contributed by atoms with Crippen molar-refractivity contribution in [3.8, 4) is 0 Å². The van der Waals surface area contributed by atoms with E-state index in [1.165, 1.54) is 49.7 Å². The van der Waals surface area contributed by atoms with Crippen molar-refractivity contribution < 1.29 is 0 Å². The molecule has 1 unspecified atom stereocenters. The molecule has 2 heteroatoms. The van der Waals surface area contributed by atoms with Crippen LogP contribution in [0.5, 0.6) is 0 Å². The zero-order valence-electron chi connectivity index (χ0n) is 19.3. The van der Waals surface area contributed by atoms with Crippen LogP contribution in [-0.4, -0.2) is 11.9 Å². The summed E-state index contributed by atoms with van der Waals surface area (Å²) >= 11 is 0. The van der Waals surface area contributed by atoms with Gasteiger partial charge in [-0.25, -0.2) is 0 Å². The standard InChI is InChI=1S/C29H38N2/c1-4-6-11-24-14-16-25(17-15-24)22-30-31-29(27-12-8-7-9-13-27)28-20-18-26(19-21-28)23(3)10-5-2/h4,7-9,12-17,22-23,26,28H,1,5-6,10-11,18-21H2,2-3H3/t23?,26-,28-. The average molecular weight is 415 g/mol. The topological polar surface area (TPSA) is 24.7 Å². The van der Waals surface area contributed by atoms with Crippen molar-refractivity contribution in [2.24, 2.45) is 28.0 Å². The van der Waals surface area contributed by atoms with E-state index in [2.05, 4.69) is 80.1 Å². The van der Waals surface area contributed by atoms with Crippen molar-refractivity contribution in [3.05, 3.63) is 83.9 Å². The highest BCUT2D eigenvalue weighted by Gasteiger charge is 2.28. The molecule has 164 valence electrons. The van der Waals surface area contributed by atoms with Gasteiger partial charge in [0.25, 0.3) is 0 Å². The maximum Gasteiger partial charge on any atom is 0.0733 e. The number of rotatable bonds is 10. The van der Waals surface area contributed by atoms with E-state index in [1.54, 1.807) is 0 Å². The Hall–Kier alpha value is -2.48. The molecule has 0 saturated heterocycles. The number of benzene rings is 2. The zero-order chi connectivity index (χ0) is 21.9. The van der Waals surface area contributed by atoms with Crippen molar-refractivity contribution in [1.29, 1.82) is 0 Å². The Labute approximate surface area is 189 Å². The lowest BCUT2D eigenvalue weighted by Crippen LogP contribution is -2.25. The molecule has 31 heavy (non-hydrogen) atoms. The molecule has 1 atom stereocenters. The Morgan fingerprint density at radius 1 is 1.03 bits per heavy atom. The third-order valence-electron chi connectivity index (χ3n) is 6.77.